The Kier molecular flexibility index (Phi) is 6.95. The van der Waals surface area contributed by atoms with Gasteiger partial charge in [0.25, 0.3) is 0 Å². The van der Waals surface area contributed by atoms with E-state index in [1.165, 1.54) is 0 Å². The van der Waals surface area contributed by atoms with Crippen molar-refractivity contribution < 1.29 is 33.3 Å². The van der Waals surface area contributed by atoms with E-state index in [1.54, 1.807) is 60.7 Å². The van der Waals surface area contributed by atoms with Gasteiger partial charge in [0.1, 0.15) is 18.2 Å². The standard InChI is InChI=1S/C28H25NO7/c30-26(19-12-6-2-7-13-19)34-24-21(17-33-16-18-10-4-1-5-11-18)23-22(29-28(32)36-23)25(24)35-27(31)20-14-8-3-9-15-20/h1-15,21-25H,16-17H2,(H,29,32)/t21-,22-,23-,24+,25+/m0/s1. The van der Waals surface area contributed by atoms with Crippen molar-refractivity contribution in [3.05, 3.63) is 108 Å². The maximum atomic E-state index is 13.0. The van der Waals surface area contributed by atoms with E-state index in [1.807, 2.05) is 30.3 Å². The smallest absolute Gasteiger partial charge is 0.407 e. The van der Waals surface area contributed by atoms with Crippen molar-refractivity contribution in [2.24, 2.45) is 5.92 Å². The molecule has 0 spiro atoms. The second kappa shape index (κ2) is 10.6. The van der Waals surface area contributed by atoms with E-state index in [0.717, 1.165) is 5.56 Å². The summed E-state index contributed by atoms with van der Waals surface area (Å²) in [6, 6.07) is 26.0. The summed E-state index contributed by atoms with van der Waals surface area (Å²) >= 11 is 0. The van der Waals surface area contributed by atoms with Gasteiger partial charge in [0.05, 0.1) is 30.3 Å². The molecule has 1 amide bonds. The second-order valence-corrected chi connectivity index (χ2v) is 8.68. The van der Waals surface area contributed by atoms with E-state index in [9.17, 15) is 14.4 Å². The molecule has 5 rings (SSSR count). The van der Waals surface area contributed by atoms with Crippen molar-refractivity contribution >= 4 is 18.0 Å². The SMILES string of the molecule is O=C1N[C@@H]2[C@@H](OC(=O)c3ccccc3)[C@H](OC(=O)c3ccccc3)[C@@H](COCc3ccccc3)[C@@H]2O1. The molecule has 8 nitrogen and oxygen atoms in total. The first-order valence-corrected chi connectivity index (χ1v) is 11.7. The summed E-state index contributed by atoms with van der Waals surface area (Å²) in [5.41, 5.74) is 1.67. The topological polar surface area (TPSA) is 100 Å². The molecule has 1 saturated heterocycles. The van der Waals surface area contributed by atoms with Crippen molar-refractivity contribution in [3.8, 4) is 0 Å². The fourth-order valence-electron chi connectivity index (χ4n) is 4.61. The molecule has 0 bridgehead atoms. The average Bonchev–Trinajstić information content (AvgIpc) is 3.41. The Morgan fingerprint density at radius 3 is 1.86 bits per heavy atom. The molecule has 0 unspecified atom stereocenters. The van der Waals surface area contributed by atoms with Gasteiger partial charge in [0.15, 0.2) is 6.10 Å². The van der Waals surface area contributed by atoms with Gasteiger partial charge in [-0.15, -0.1) is 0 Å². The highest BCUT2D eigenvalue weighted by Gasteiger charge is 2.60. The largest absolute Gasteiger partial charge is 0.454 e. The maximum absolute atomic E-state index is 13.0. The molecule has 0 aromatic heterocycles. The number of rotatable bonds is 8. The van der Waals surface area contributed by atoms with Crippen LogP contribution in [0.2, 0.25) is 0 Å². The minimum Gasteiger partial charge on any atom is -0.454 e. The summed E-state index contributed by atoms with van der Waals surface area (Å²) in [7, 11) is 0. The number of benzene rings is 3. The molecule has 3 aromatic carbocycles. The van der Waals surface area contributed by atoms with Gasteiger partial charge in [-0.05, 0) is 29.8 Å². The van der Waals surface area contributed by atoms with Gasteiger partial charge in [-0.3, -0.25) is 0 Å². The molecule has 184 valence electrons. The molecule has 5 atom stereocenters. The zero-order valence-electron chi connectivity index (χ0n) is 19.3. The molecule has 2 fully saturated rings. The van der Waals surface area contributed by atoms with E-state index in [2.05, 4.69) is 5.32 Å². The number of carbonyl (C=O) groups is 3. The number of ether oxygens (including phenoxy) is 4. The van der Waals surface area contributed by atoms with E-state index in [-0.39, 0.29) is 6.61 Å². The van der Waals surface area contributed by atoms with Crippen molar-refractivity contribution in [2.45, 2.75) is 31.0 Å². The monoisotopic (exact) mass is 487 g/mol. The van der Waals surface area contributed by atoms with Gasteiger partial charge < -0.3 is 24.3 Å². The lowest BCUT2D eigenvalue weighted by molar-refractivity contribution is -0.0585. The zero-order chi connectivity index (χ0) is 24.9. The Balaban J connectivity index is 1.39. The van der Waals surface area contributed by atoms with E-state index >= 15 is 0 Å². The Bertz CT molecular complexity index is 1200. The lowest BCUT2D eigenvalue weighted by Gasteiger charge is -2.27. The van der Waals surface area contributed by atoms with Crippen molar-refractivity contribution in [2.75, 3.05) is 6.61 Å². The summed E-state index contributed by atoms with van der Waals surface area (Å²) in [4.78, 5) is 38.1. The highest BCUT2D eigenvalue weighted by atomic mass is 16.6. The first kappa shape index (κ1) is 23.6. The number of nitrogens with one attached hydrogen (secondary N) is 1. The van der Waals surface area contributed by atoms with E-state index in [4.69, 9.17) is 18.9 Å². The number of hydrogen-bond donors (Lipinski definition) is 1. The van der Waals surface area contributed by atoms with Crippen LogP contribution in [0.3, 0.4) is 0 Å². The Hall–Kier alpha value is -4.17. The molecule has 2 aliphatic rings. The quantitative estimate of drug-likeness (QED) is 0.381. The van der Waals surface area contributed by atoms with Crippen molar-refractivity contribution in [1.82, 2.24) is 5.32 Å². The summed E-state index contributed by atoms with van der Waals surface area (Å²) in [5.74, 6) is -1.72. The number of fused-ring (bicyclic) bond motifs is 1. The molecule has 1 saturated carbocycles. The van der Waals surface area contributed by atoms with Crippen LogP contribution in [-0.4, -0.2) is 49.0 Å². The molecule has 1 aliphatic carbocycles. The normalized spacial score (nSPS) is 24.3. The zero-order valence-corrected chi connectivity index (χ0v) is 19.3. The molecular formula is C28H25NO7. The van der Waals surface area contributed by atoms with Crippen LogP contribution in [0.25, 0.3) is 0 Å². The predicted octanol–water partition coefficient (Wildman–Crippen LogP) is 3.76. The molecule has 8 heteroatoms. The molecule has 1 aliphatic heterocycles. The van der Waals surface area contributed by atoms with Crippen LogP contribution in [-0.2, 0) is 25.6 Å². The summed E-state index contributed by atoms with van der Waals surface area (Å²) in [5, 5.41) is 2.72. The molecule has 36 heavy (non-hydrogen) atoms. The number of amides is 1. The fourth-order valence-corrected chi connectivity index (χ4v) is 4.61. The molecule has 1 N–H and O–H groups in total. The van der Waals surface area contributed by atoms with Gasteiger partial charge in [-0.25, -0.2) is 14.4 Å². The highest BCUT2D eigenvalue weighted by Crippen LogP contribution is 2.38. The van der Waals surface area contributed by atoms with Crippen molar-refractivity contribution in [1.29, 1.82) is 0 Å². The first-order chi connectivity index (χ1) is 17.6. The highest BCUT2D eigenvalue weighted by molar-refractivity contribution is 5.90. The summed E-state index contributed by atoms with van der Waals surface area (Å²) < 4.78 is 23.2. The minimum absolute atomic E-state index is 0.122. The lowest BCUT2D eigenvalue weighted by atomic mass is 10.0. The third-order valence-corrected chi connectivity index (χ3v) is 6.33. The Morgan fingerprint density at radius 1 is 0.750 bits per heavy atom. The van der Waals surface area contributed by atoms with Crippen molar-refractivity contribution in [3.63, 3.8) is 0 Å². The maximum Gasteiger partial charge on any atom is 0.407 e. The summed E-state index contributed by atoms with van der Waals surface area (Å²) in [6.07, 6.45) is -3.19. The van der Waals surface area contributed by atoms with Crippen LogP contribution in [0.15, 0.2) is 91.0 Å². The Labute approximate surface area is 208 Å². The predicted molar refractivity (Wildman–Crippen MR) is 128 cm³/mol. The molecule has 0 radical (unpaired) electrons. The second-order valence-electron chi connectivity index (χ2n) is 8.68. The Morgan fingerprint density at radius 2 is 1.28 bits per heavy atom. The van der Waals surface area contributed by atoms with Crippen LogP contribution in [0.5, 0.6) is 0 Å². The average molecular weight is 488 g/mol. The summed E-state index contributed by atoms with van der Waals surface area (Å²) in [6.45, 7) is 0.446. The fraction of sp³-hybridized carbons (Fsp3) is 0.250. The van der Waals surface area contributed by atoms with Crippen LogP contribution in [0.1, 0.15) is 26.3 Å². The first-order valence-electron chi connectivity index (χ1n) is 11.7. The van der Waals surface area contributed by atoms with Gasteiger partial charge >= 0.3 is 18.0 Å². The number of alkyl carbamates (subject to hydrolysis) is 1. The third kappa shape index (κ3) is 5.08. The van der Waals surface area contributed by atoms with E-state index in [0.29, 0.717) is 17.7 Å². The molecule has 1 heterocycles. The van der Waals surface area contributed by atoms with Crippen LogP contribution in [0.4, 0.5) is 4.79 Å². The lowest BCUT2D eigenvalue weighted by Crippen LogP contribution is -2.45. The van der Waals surface area contributed by atoms with Crippen LogP contribution < -0.4 is 5.32 Å². The van der Waals surface area contributed by atoms with Crippen LogP contribution >= 0.6 is 0 Å². The third-order valence-electron chi connectivity index (χ3n) is 6.33. The van der Waals surface area contributed by atoms with Gasteiger partial charge in [-0.1, -0.05) is 66.7 Å². The minimum atomic E-state index is -0.966. The van der Waals surface area contributed by atoms with Gasteiger partial charge in [0.2, 0.25) is 0 Å². The van der Waals surface area contributed by atoms with Gasteiger partial charge in [0, 0.05) is 0 Å². The number of hydrogen-bond acceptors (Lipinski definition) is 7. The number of esters is 2. The van der Waals surface area contributed by atoms with Crippen LogP contribution in [0, 0.1) is 5.92 Å². The van der Waals surface area contributed by atoms with Gasteiger partial charge in [-0.2, -0.15) is 0 Å². The number of carbonyl (C=O) groups excluding carboxylic acids is 3. The van der Waals surface area contributed by atoms with E-state index < -0.39 is 48.3 Å². The molecule has 3 aromatic rings. The molecular weight excluding hydrogens is 462 g/mol.